The molecule has 1 atom stereocenters. The molecular weight excluding hydrogens is 252 g/mol. The number of aromatic nitrogens is 2. The summed E-state index contributed by atoms with van der Waals surface area (Å²) >= 11 is 0. The van der Waals surface area contributed by atoms with Crippen LogP contribution in [0.25, 0.3) is 11.0 Å². The van der Waals surface area contributed by atoms with Gasteiger partial charge >= 0.3 is 5.97 Å². The molecule has 0 aliphatic heterocycles. The lowest BCUT2D eigenvalue weighted by atomic mass is 9.85. The molecule has 0 amide bonds. The summed E-state index contributed by atoms with van der Waals surface area (Å²) < 4.78 is 2.13. The van der Waals surface area contributed by atoms with Gasteiger partial charge in [-0.25, -0.2) is 4.98 Å². The van der Waals surface area contributed by atoms with E-state index in [9.17, 15) is 4.79 Å². The van der Waals surface area contributed by atoms with Gasteiger partial charge in [-0.3, -0.25) is 4.79 Å². The second kappa shape index (κ2) is 5.65. The Hall–Kier alpha value is -1.84. The highest BCUT2D eigenvalue weighted by molar-refractivity contribution is 5.77. The molecule has 108 valence electrons. The highest BCUT2D eigenvalue weighted by Gasteiger charge is 2.20. The lowest BCUT2D eigenvalue weighted by Crippen LogP contribution is -2.12. The fourth-order valence-corrected chi connectivity index (χ4v) is 2.62. The maximum atomic E-state index is 11.0. The van der Waals surface area contributed by atoms with Gasteiger partial charge < -0.3 is 9.67 Å². The molecule has 1 aromatic carbocycles. The number of rotatable bonds is 5. The number of nitrogens with zero attached hydrogens (tertiary/aromatic N) is 2. The van der Waals surface area contributed by atoms with Crippen LogP contribution in [0.4, 0.5) is 0 Å². The molecule has 0 fully saturated rings. The van der Waals surface area contributed by atoms with Crippen molar-refractivity contribution in [2.75, 3.05) is 0 Å². The van der Waals surface area contributed by atoms with Crippen LogP contribution in [0.1, 0.15) is 51.6 Å². The van der Waals surface area contributed by atoms with Crippen LogP contribution in [0.2, 0.25) is 0 Å². The Morgan fingerprint density at radius 2 is 2.00 bits per heavy atom. The van der Waals surface area contributed by atoms with Crippen LogP contribution in [0, 0.1) is 5.92 Å². The second-order valence-corrected chi connectivity index (χ2v) is 5.94. The van der Waals surface area contributed by atoms with Crippen molar-refractivity contribution >= 4 is 17.0 Å². The highest BCUT2D eigenvalue weighted by Crippen LogP contribution is 2.30. The molecule has 1 N–H and O–H groups in total. The summed E-state index contributed by atoms with van der Waals surface area (Å²) in [4.78, 5) is 15.5. The quantitative estimate of drug-likeness (QED) is 0.901. The first-order valence-corrected chi connectivity index (χ1v) is 7.08. The van der Waals surface area contributed by atoms with E-state index in [1.165, 1.54) is 0 Å². The normalized spacial score (nSPS) is 13.3. The number of imidazole rings is 1. The molecule has 20 heavy (non-hydrogen) atoms. The van der Waals surface area contributed by atoms with E-state index < -0.39 is 5.97 Å². The van der Waals surface area contributed by atoms with Gasteiger partial charge in [-0.15, -0.1) is 0 Å². The van der Waals surface area contributed by atoms with Crippen LogP contribution in [0.5, 0.6) is 0 Å². The smallest absolute Gasteiger partial charge is 0.303 e. The fraction of sp³-hybridized carbons (Fsp3) is 0.500. The van der Waals surface area contributed by atoms with E-state index >= 15 is 0 Å². The molecule has 0 aliphatic rings. The number of hydrogen-bond donors (Lipinski definition) is 1. The molecule has 4 heteroatoms. The molecule has 0 saturated carbocycles. The van der Waals surface area contributed by atoms with Gasteiger partial charge in [0.1, 0.15) is 0 Å². The van der Waals surface area contributed by atoms with Crippen molar-refractivity contribution in [3.63, 3.8) is 0 Å². The summed E-state index contributed by atoms with van der Waals surface area (Å²) in [5.74, 6) is -0.437. The Labute approximate surface area is 119 Å². The zero-order chi connectivity index (χ0) is 14.9. The van der Waals surface area contributed by atoms with Gasteiger partial charge in [-0.05, 0) is 43.4 Å². The maximum absolute atomic E-state index is 11.0. The van der Waals surface area contributed by atoms with E-state index in [0.29, 0.717) is 6.04 Å². The number of aliphatic carboxylic acids is 1. The summed E-state index contributed by atoms with van der Waals surface area (Å²) in [5.41, 5.74) is 3.10. The largest absolute Gasteiger partial charge is 0.481 e. The first-order valence-electron chi connectivity index (χ1n) is 7.08. The summed E-state index contributed by atoms with van der Waals surface area (Å²) in [7, 11) is 0. The molecule has 0 saturated heterocycles. The number of carbonyl (C=O) groups is 1. The van der Waals surface area contributed by atoms with Crippen molar-refractivity contribution in [3.8, 4) is 0 Å². The number of carboxylic acid groups (broad SMARTS) is 1. The van der Waals surface area contributed by atoms with Crippen LogP contribution in [-0.2, 0) is 4.79 Å². The van der Waals surface area contributed by atoms with E-state index in [-0.39, 0.29) is 18.3 Å². The minimum absolute atomic E-state index is 0.0288. The standard InChI is InChI=1S/C16H22N2O2/c1-10(2)13(8-16(19)20)12-5-6-15-14(7-12)17-9-18(15)11(3)4/h5-7,9-11,13H,8H2,1-4H3,(H,19,20). The summed E-state index contributed by atoms with van der Waals surface area (Å²) in [6.45, 7) is 8.36. The number of fused-ring (bicyclic) bond motifs is 1. The third kappa shape index (κ3) is 2.84. The average Bonchev–Trinajstić information content (AvgIpc) is 2.78. The molecule has 0 aliphatic carbocycles. The summed E-state index contributed by atoms with van der Waals surface area (Å²) in [6.07, 6.45) is 2.01. The van der Waals surface area contributed by atoms with Crippen LogP contribution in [-0.4, -0.2) is 20.6 Å². The number of carboxylic acids is 1. The second-order valence-electron chi connectivity index (χ2n) is 5.94. The van der Waals surface area contributed by atoms with Gasteiger partial charge in [0.2, 0.25) is 0 Å². The van der Waals surface area contributed by atoms with Gasteiger partial charge in [-0.2, -0.15) is 0 Å². The van der Waals surface area contributed by atoms with Crippen LogP contribution < -0.4 is 0 Å². The molecule has 4 nitrogen and oxygen atoms in total. The SMILES string of the molecule is CC(C)C(CC(=O)O)c1ccc2c(c1)ncn2C(C)C. The average molecular weight is 274 g/mol. The predicted molar refractivity (Wildman–Crippen MR) is 79.9 cm³/mol. The van der Waals surface area contributed by atoms with Crippen molar-refractivity contribution < 1.29 is 9.90 Å². The minimum Gasteiger partial charge on any atom is -0.481 e. The molecule has 1 aromatic heterocycles. The first kappa shape index (κ1) is 14.6. The highest BCUT2D eigenvalue weighted by atomic mass is 16.4. The Morgan fingerprint density at radius 3 is 2.55 bits per heavy atom. The lowest BCUT2D eigenvalue weighted by Gasteiger charge is -2.19. The minimum atomic E-state index is -0.753. The monoisotopic (exact) mass is 274 g/mol. The molecule has 2 aromatic rings. The van der Waals surface area contributed by atoms with Crippen LogP contribution in [0.3, 0.4) is 0 Å². The van der Waals surface area contributed by atoms with E-state index in [4.69, 9.17) is 5.11 Å². The topological polar surface area (TPSA) is 55.1 Å². The zero-order valence-electron chi connectivity index (χ0n) is 12.5. The molecule has 0 bridgehead atoms. The Morgan fingerprint density at radius 1 is 1.30 bits per heavy atom. The summed E-state index contributed by atoms with van der Waals surface area (Å²) in [6, 6.07) is 6.48. The van der Waals surface area contributed by atoms with Crippen molar-refractivity contribution in [3.05, 3.63) is 30.1 Å². The van der Waals surface area contributed by atoms with E-state index in [1.54, 1.807) is 0 Å². The van der Waals surface area contributed by atoms with Crippen molar-refractivity contribution in [2.45, 2.75) is 46.1 Å². The predicted octanol–water partition coefficient (Wildman–Crippen LogP) is 3.83. The molecule has 2 rings (SSSR count). The van der Waals surface area contributed by atoms with E-state index in [2.05, 4.69) is 43.3 Å². The van der Waals surface area contributed by atoms with E-state index in [1.807, 2.05) is 18.5 Å². The number of benzene rings is 1. The van der Waals surface area contributed by atoms with Crippen molar-refractivity contribution in [1.29, 1.82) is 0 Å². The van der Waals surface area contributed by atoms with Gasteiger partial charge in [0.25, 0.3) is 0 Å². The van der Waals surface area contributed by atoms with E-state index in [0.717, 1.165) is 16.6 Å². The van der Waals surface area contributed by atoms with Crippen LogP contribution >= 0.6 is 0 Å². The van der Waals surface area contributed by atoms with Gasteiger partial charge in [0.15, 0.2) is 0 Å². The van der Waals surface area contributed by atoms with Crippen molar-refractivity contribution in [1.82, 2.24) is 9.55 Å². The third-order valence-corrected chi connectivity index (χ3v) is 3.78. The van der Waals surface area contributed by atoms with Gasteiger partial charge in [0.05, 0.1) is 23.8 Å². The first-order chi connectivity index (χ1) is 9.40. The lowest BCUT2D eigenvalue weighted by molar-refractivity contribution is -0.137. The Kier molecular flexibility index (Phi) is 4.12. The zero-order valence-corrected chi connectivity index (χ0v) is 12.5. The van der Waals surface area contributed by atoms with Gasteiger partial charge in [0, 0.05) is 6.04 Å². The molecular formula is C16H22N2O2. The Bertz CT molecular complexity index is 614. The van der Waals surface area contributed by atoms with Crippen LogP contribution in [0.15, 0.2) is 24.5 Å². The molecule has 1 unspecified atom stereocenters. The molecule has 1 heterocycles. The summed E-state index contributed by atoms with van der Waals surface area (Å²) in [5, 5.41) is 9.06. The Balaban J connectivity index is 2.42. The fourth-order valence-electron chi connectivity index (χ4n) is 2.62. The third-order valence-electron chi connectivity index (χ3n) is 3.78. The molecule has 0 spiro atoms. The maximum Gasteiger partial charge on any atom is 0.303 e. The van der Waals surface area contributed by atoms with Gasteiger partial charge in [-0.1, -0.05) is 19.9 Å². The number of hydrogen-bond acceptors (Lipinski definition) is 2. The van der Waals surface area contributed by atoms with Crippen molar-refractivity contribution in [2.24, 2.45) is 5.92 Å². The molecule has 0 radical (unpaired) electrons.